The number of nitrogens with one attached hydrogen (secondary N) is 1. The zero-order valence-corrected chi connectivity index (χ0v) is 12.6. The van der Waals surface area contributed by atoms with Gasteiger partial charge in [0.2, 0.25) is 13.0 Å². The summed E-state index contributed by atoms with van der Waals surface area (Å²) >= 11 is 0. The van der Waals surface area contributed by atoms with Crippen LogP contribution in [-0.4, -0.2) is 30.0 Å². The summed E-state index contributed by atoms with van der Waals surface area (Å²) in [6.45, 7) is 5.33. The maximum atomic E-state index is 10.8. The molecule has 0 fully saturated rings. The van der Waals surface area contributed by atoms with Gasteiger partial charge in [-0.2, -0.15) is 0 Å². The molecule has 1 amide bonds. The summed E-state index contributed by atoms with van der Waals surface area (Å²) in [6, 6.07) is 9.12. The van der Waals surface area contributed by atoms with Crippen LogP contribution in [0.4, 0.5) is 0 Å². The van der Waals surface area contributed by atoms with E-state index in [9.17, 15) is 14.9 Å². The maximum absolute atomic E-state index is 10.8. The van der Waals surface area contributed by atoms with Crippen LogP contribution in [0.5, 0.6) is 0 Å². The average Bonchev–Trinajstić information content (AvgIpc) is 2.43. The summed E-state index contributed by atoms with van der Waals surface area (Å²) in [4.78, 5) is 21.1. The van der Waals surface area contributed by atoms with Gasteiger partial charge >= 0.3 is 0 Å². The number of nitrogens with zero attached hydrogens (tertiary/aromatic N) is 1. The lowest BCUT2D eigenvalue weighted by molar-refractivity contribution is -0.494. The fourth-order valence-corrected chi connectivity index (χ4v) is 2.07. The Kier molecular flexibility index (Phi) is 6.81. The second kappa shape index (κ2) is 8.36. The number of amides is 1. The van der Waals surface area contributed by atoms with Gasteiger partial charge in [-0.3, -0.25) is 14.9 Å². The van der Waals surface area contributed by atoms with Crippen LogP contribution in [0.15, 0.2) is 30.3 Å². The van der Waals surface area contributed by atoms with E-state index in [-0.39, 0.29) is 23.4 Å². The van der Waals surface area contributed by atoms with Crippen molar-refractivity contribution >= 4 is 6.41 Å². The molecule has 1 aromatic carbocycles. The SMILES string of the molecule is CC(C)[C@H](C[N+](=O)[O-])O[C@H](c1ccccc1)[C@H](C)NC=O. The molecule has 1 N–H and O–H groups in total. The van der Waals surface area contributed by atoms with Crippen molar-refractivity contribution in [1.82, 2.24) is 5.32 Å². The zero-order valence-electron chi connectivity index (χ0n) is 12.6. The topological polar surface area (TPSA) is 81.5 Å². The number of carbonyl (C=O) groups excluding carboxylic acids is 1. The Morgan fingerprint density at radius 1 is 1.29 bits per heavy atom. The molecule has 0 unspecified atom stereocenters. The predicted octanol–water partition coefficient (Wildman–Crippen LogP) is 2.18. The first-order valence-electron chi connectivity index (χ1n) is 6.97. The third-order valence-electron chi connectivity index (χ3n) is 3.31. The quantitative estimate of drug-likeness (QED) is 0.430. The minimum atomic E-state index is -0.513. The largest absolute Gasteiger partial charge is 0.361 e. The van der Waals surface area contributed by atoms with Crippen molar-refractivity contribution in [2.24, 2.45) is 5.92 Å². The Morgan fingerprint density at radius 2 is 1.90 bits per heavy atom. The molecular weight excluding hydrogens is 272 g/mol. The van der Waals surface area contributed by atoms with Gasteiger partial charge in [-0.25, -0.2) is 0 Å². The summed E-state index contributed by atoms with van der Waals surface area (Å²) in [6.07, 6.45) is -0.327. The summed E-state index contributed by atoms with van der Waals surface area (Å²) < 4.78 is 5.96. The second-order valence-corrected chi connectivity index (χ2v) is 5.34. The molecule has 1 rings (SSSR count). The minimum Gasteiger partial charge on any atom is -0.361 e. The van der Waals surface area contributed by atoms with E-state index in [1.165, 1.54) is 0 Å². The van der Waals surface area contributed by atoms with E-state index in [1.807, 2.05) is 51.1 Å². The van der Waals surface area contributed by atoms with E-state index in [1.54, 1.807) is 0 Å². The molecule has 0 bridgehead atoms. The van der Waals surface area contributed by atoms with Crippen LogP contribution in [0.1, 0.15) is 32.4 Å². The van der Waals surface area contributed by atoms with Crippen molar-refractivity contribution in [3.63, 3.8) is 0 Å². The highest BCUT2D eigenvalue weighted by molar-refractivity contribution is 5.47. The Bertz CT molecular complexity index is 450. The molecule has 0 saturated carbocycles. The molecule has 0 spiro atoms. The number of hydrogen-bond acceptors (Lipinski definition) is 4. The molecule has 3 atom stereocenters. The van der Waals surface area contributed by atoms with Gasteiger partial charge in [0, 0.05) is 4.92 Å². The van der Waals surface area contributed by atoms with Gasteiger partial charge < -0.3 is 10.1 Å². The number of benzene rings is 1. The van der Waals surface area contributed by atoms with Crippen LogP contribution < -0.4 is 5.32 Å². The van der Waals surface area contributed by atoms with E-state index in [0.717, 1.165) is 5.56 Å². The first-order chi connectivity index (χ1) is 9.95. The highest BCUT2D eigenvalue weighted by atomic mass is 16.6. The van der Waals surface area contributed by atoms with Gasteiger partial charge in [-0.15, -0.1) is 0 Å². The number of hydrogen-bond donors (Lipinski definition) is 1. The van der Waals surface area contributed by atoms with E-state index < -0.39 is 12.2 Å². The fraction of sp³-hybridized carbons (Fsp3) is 0.533. The lowest BCUT2D eigenvalue weighted by atomic mass is 10.0. The third kappa shape index (κ3) is 5.51. The molecule has 0 radical (unpaired) electrons. The molecule has 1 aromatic rings. The van der Waals surface area contributed by atoms with Crippen LogP contribution in [0.2, 0.25) is 0 Å². The Morgan fingerprint density at radius 3 is 2.38 bits per heavy atom. The van der Waals surface area contributed by atoms with Crippen molar-refractivity contribution in [2.45, 2.75) is 39.0 Å². The van der Waals surface area contributed by atoms with Crippen molar-refractivity contribution < 1.29 is 14.5 Å². The van der Waals surface area contributed by atoms with Crippen molar-refractivity contribution in [3.8, 4) is 0 Å². The fourth-order valence-electron chi connectivity index (χ4n) is 2.07. The zero-order chi connectivity index (χ0) is 15.8. The summed E-state index contributed by atoms with van der Waals surface area (Å²) in [5.74, 6) is 0.00467. The molecule has 0 aliphatic rings. The highest BCUT2D eigenvalue weighted by Crippen LogP contribution is 2.25. The second-order valence-electron chi connectivity index (χ2n) is 5.34. The lowest BCUT2D eigenvalue weighted by Crippen LogP contribution is -2.38. The van der Waals surface area contributed by atoms with Crippen LogP contribution in [-0.2, 0) is 9.53 Å². The minimum absolute atomic E-state index is 0.00467. The number of rotatable bonds is 9. The Balaban J connectivity index is 2.95. The Hall–Kier alpha value is -1.95. The molecule has 0 aromatic heterocycles. The molecule has 0 aliphatic carbocycles. The van der Waals surface area contributed by atoms with Crippen molar-refractivity contribution in [3.05, 3.63) is 46.0 Å². The van der Waals surface area contributed by atoms with Gasteiger partial charge in [0.05, 0.1) is 6.04 Å². The van der Waals surface area contributed by atoms with Crippen LogP contribution >= 0.6 is 0 Å². The van der Waals surface area contributed by atoms with Crippen LogP contribution in [0, 0.1) is 16.0 Å². The third-order valence-corrected chi connectivity index (χ3v) is 3.31. The molecule has 0 saturated heterocycles. The van der Waals surface area contributed by atoms with Gasteiger partial charge in [0.15, 0.2) is 0 Å². The van der Waals surface area contributed by atoms with Crippen molar-refractivity contribution in [1.29, 1.82) is 0 Å². The van der Waals surface area contributed by atoms with Gasteiger partial charge in [0.25, 0.3) is 0 Å². The number of nitro groups is 1. The first kappa shape index (κ1) is 17.1. The van der Waals surface area contributed by atoms with Gasteiger partial charge in [0.1, 0.15) is 12.2 Å². The number of ether oxygens (including phenoxy) is 1. The molecule has 6 heteroatoms. The van der Waals surface area contributed by atoms with E-state index in [4.69, 9.17) is 4.74 Å². The van der Waals surface area contributed by atoms with Crippen LogP contribution in [0.3, 0.4) is 0 Å². The van der Waals surface area contributed by atoms with E-state index in [0.29, 0.717) is 6.41 Å². The molecule has 116 valence electrons. The number of carbonyl (C=O) groups is 1. The lowest BCUT2D eigenvalue weighted by Gasteiger charge is -2.29. The standard InChI is InChI=1S/C15H22N2O4/c1-11(2)14(9-17(19)20)21-15(12(3)16-10-18)13-7-5-4-6-8-13/h4-8,10-12,14-15H,9H2,1-3H3,(H,16,18)/t12-,14-,15-/m0/s1. The van der Waals surface area contributed by atoms with E-state index in [2.05, 4.69) is 5.32 Å². The summed E-state index contributed by atoms with van der Waals surface area (Å²) in [5, 5.41) is 13.4. The van der Waals surface area contributed by atoms with Crippen molar-refractivity contribution in [2.75, 3.05) is 6.54 Å². The highest BCUT2D eigenvalue weighted by Gasteiger charge is 2.28. The average molecular weight is 294 g/mol. The summed E-state index contributed by atoms with van der Waals surface area (Å²) in [7, 11) is 0. The monoisotopic (exact) mass is 294 g/mol. The normalized spacial score (nSPS) is 15.2. The molecule has 0 heterocycles. The first-order valence-corrected chi connectivity index (χ1v) is 6.97. The van der Waals surface area contributed by atoms with Crippen LogP contribution in [0.25, 0.3) is 0 Å². The Labute approximate surface area is 124 Å². The van der Waals surface area contributed by atoms with Gasteiger partial charge in [-0.05, 0) is 18.4 Å². The van der Waals surface area contributed by atoms with Gasteiger partial charge in [-0.1, -0.05) is 44.2 Å². The maximum Gasteiger partial charge on any atom is 0.229 e. The smallest absolute Gasteiger partial charge is 0.229 e. The molecule has 6 nitrogen and oxygen atoms in total. The molecular formula is C15H22N2O4. The predicted molar refractivity (Wildman–Crippen MR) is 79.4 cm³/mol. The van der Waals surface area contributed by atoms with E-state index >= 15 is 0 Å². The molecule has 21 heavy (non-hydrogen) atoms. The summed E-state index contributed by atoms with van der Waals surface area (Å²) in [5.41, 5.74) is 0.883. The molecule has 0 aliphatic heterocycles.